The highest BCUT2D eigenvalue weighted by atomic mass is 16.7. The van der Waals surface area contributed by atoms with Crippen LogP contribution in [0.3, 0.4) is 0 Å². The van der Waals surface area contributed by atoms with E-state index in [2.05, 4.69) is 0 Å². The third-order valence-electron chi connectivity index (χ3n) is 2.91. The number of carbonyl (C=O) groups excluding carboxylic acids is 2. The molecule has 1 fully saturated rings. The fraction of sp³-hybridized carbons (Fsp3) is 0.833. The van der Waals surface area contributed by atoms with Crippen LogP contribution in [0.5, 0.6) is 0 Å². The van der Waals surface area contributed by atoms with Crippen LogP contribution in [0.15, 0.2) is 0 Å². The van der Waals surface area contributed by atoms with Gasteiger partial charge in [-0.2, -0.15) is 0 Å². The van der Waals surface area contributed by atoms with Crippen LogP contribution < -0.4 is 0 Å². The first-order chi connectivity index (χ1) is 8.31. The molecule has 1 aliphatic rings. The molecular formula is C12H21NO5. The normalized spacial score (nSPS) is 32.1. The summed E-state index contributed by atoms with van der Waals surface area (Å²) in [6.07, 6.45) is -0.782. The molecule has 0 aromatic rings. The summed E-state index contributed by atoms with van der Waals surface area (Å²) in [5, 5.41) is 0. The molecule has 0 bridgehead atoms. The van der Waals surface area contributed by atoms with Crippen molar-refractivity contribution < 1.29 is 23.8 Å². The van der Waals surface area contributed by atoms with Crippen LogP contribution in [0.1, 0.15) is 27.2 Å². The fourth-order valence-corrected chi connectivity index (χ4v) is 2.15. The van der Waals surface area contributed by atoms with Crippen LogP contribution in [-0.2, 0) is 23.8 Å². The van der Waals surface area contributed by atoms with Crippen LogP contribution >= 0.6 is 0 Å². The Balaban J connectivity index is 2.75. The molecule has 1 aliphatic heterocycles. The molecule has 4 atom stereocenters. The summed E-state index contributed by atoms with van der Waals surface area (Å²) < 4.78 is 15.9. The van der Waals surface area contributed by atoms with Crippen LogP contribution in [-0.4, -0.2) is 55.5 Å². The third-order valence-corrected chi connectivity index (χ3v) is 2.91. The second-order valence-electron chi connectivity index (χ2n) is 4.72. The van der Waals surface area contributed by atoms with E-state index in [1.165, 1.54) is 13.8 Å². The molecule has 1 rings (SSSR count). The van der Waals surface area contributed by atoms with Crippen molar-refractivity contribution in [3.63, 3.8) is 0 Å². The van der Waals surface area contributed by atoms with Gasteiger partial charge in [0.15, 0.2) is 0 Å². The van der Waals surface area contributed by atoms with E-state index < -0.39 is 6.29 Å². The predicted molar refractivity (Wildman–Crippen MR) is 63.7 cm³/mol. The highest BCUT2D eigenvalue weighted by Gasteiger charge is 2.40. The van der Waals surface area contributed by atoms with Crippen molar-refractivity contribution in [3.8, 4) is 0 Å². The zero-order chi connectivity index (χ0) is 13.9. The maximum atomic E-state index is 11.1. The van der Waals surface area contributed by atoms with E-state index in [0.29, 0.717) is 6.42 Å². The summed E-state index contributed by atoms with van der Waals surface area (Å²) in [5.41, 5.74) is 0. The maximum Gasteiger partial charge on any atom is 0.304 e. The van der Waals surface area contributed by atoms with Gasteiger partial charge in [0, 0.05) is 20.3 Å². The zero-order valence-electron chi connectivity index (χ0n) is 11.5. The van der Waals surface area contributed by atoms with Gasteiger partial charge in [-0.1, -0.05) is 0 Å². The lowest BCUT2D eigenvalue weighted by molar-refractivity contribution is -0.236. The van der Waals surface area contributed by atoms with Crippen molar-refractivity contribution in [2.24, 2.45) is 0 Å². The quantitative estimate of drug-likeness (QED) is 0.689. The molecule has 0 saturated carbocycles. The van der Waals surface area contributed by atoms with Crippen molar-refractivity contribution >= 4 is 11.9 Å². The lowest BCUT2D eigenvalue weighted by Crippen LogP contribution is -2.55. The van der Waals surface area contributed by atoms with Crippen LogP contribution in [0.2, 0.25) is 0 Å². The van der Waals surface area contributed by atoms with E-state index in [-0.39, 0.29) is 30.2 Å². The average Bonchev–Trinajstić information content (AvgIpc) is 2.19. The smallest absolute Gasteiger partial charge is 0.304 e. The molecule has 6 nitrogen and oxygen atoms in total. The van der Waals surface area contributed by atoms with E-state index in [4.69, 9.17) is 14.2 Å². The Hall–Kier alpha value is -1.14. The van der Waals surface area contributed by atoms with Crippen LogP contribution in [0.4, 0.5) is 0 Å². The van der Waals surface area contributed by atoms with Gasteiger partial charge in [-0.3, -0.25) is 9.59 Å². The Morgan fingerprint density at radius 1 is 1.17 bits per heavy atom. The molecule has 6 heteroatoms. The van der Waals surface area contributed by atoms with Gasteiger partial charge in [-0.05, 0) is 21.0 Å². The van der Waals surface area contributed by atoms with E-state index in [0.717, 1.165) is 0 Å². The number of ether oxygens (including phenoxy) is 3. The first-order valence-electron chi connectivity index (χ1n) is 5.97. The number of esters is 2. The second-order valence-corrected chi connectivity index (χ2v) is 4.72. The molecule has 0 unspecified atom stereocenters. The molecule has 104 valence electrons. The fourth-order valence-electron chi connectivity index (χ4n) is 2.15. The van der Waals surface area contributed by atoms with Gasteiger partial charge < -0.3 is 19.1 Å². The minimum atomic E-state index is -0.586. The molecule has 0 aromatic heterocycles. The van der Waals surface area contributed by atoms with Crippen LogP contribution in [0.25, 0.3) is 0 Å². The highest BCUT2D eigenvalue weighted by molar-refractivity contribution is 5.66. The number of likely N-dealkylation sites (N-methyl/N-ethyl adjacent to an activating group) is 1. The number of hydrogen-bond donors (Lipinski definition) is 0. The van der Waals surface area contributed by atoms with E-state index in [9.17, 15) is 9.59 Å². The van der Waals surface area contributed by atoms with Gasteiger partial charge in [-0.15, -0.1) is 0 Å². The van der Waals surface area contributed by atoms with Crippen molar-refractivity contribution in [2.45, 2.75) is 51.7 Å². The number of nitrogens with zero attached hydrogens (tertiary/aromatic N) is 1. The molecular weight excluding hydrogens is 238 g/mol. The molecule has 1 saturated heterocycles. The minimum Gasteiger partial charge on any atom is -0.458 e. The van der Waals surface area contributed by atoms with Gasteiger partial charge >= 0.3 is 11.9 Å². The first kappa shape index (κ1) is 14.9. The summed E-state index contributed by atoms with van der Waals surface area (Å²) in [7, 11) is 3.79. The Morgan fingerprint density at radius 2 is 1.72 bits per heavy atom. The molecule has 1 heterocycles. The Labute approximate surface area is 107 Å². The first-order valence-corrected chi connectivity index (χ1v) is 5.97. The number of hydrogen-bond acceptors (Lipinski definition) is 6. The monoisotopic (exact) mass is 259 g/mol. The molecule has 0 aliphatic carbocycles. The summed E-state index contributed by atoms with van der Waals surface area (Å²) >= 11 is 0. The lowest BCUT2D eigenvalue weighted by atomic mass is 9.98. The van der Waals surface area contributed by atoms with E-state index in [1.807, 2.05) is 19.0 Å². The summed E-state index contributed by atoms with van der Waals surface area (Å²) in [6.45, 7) is 4.52. The van der Waals surface area contributed by atoms with Crippen molar-refractivity contribution in [1.82, 2.24) is 4.90 Å². The summed E-state index contributed by atoms with van der Waals surface area (Å²) in [4.78, 5) is 24.0. The third kappa shape index (κ3) is 3.96. The van der Waals surface area contributed by atoms with Crippen molar-refractivity contribution in [2.75, 3.05) is 14.1 Å². The van der Waals surface area contributed by atoms with Gasteiger partial charge in [0.1, 0.15) is 6.10 Å². The summed E-state index contributed by atoms with van der Waals surface area (Å²) in [5.74, 6) is -0.719. The van der Waals surface area contributed by atoms with Gasteiger partial charge in [0.25, 0.3) is 0 Å². The molecule has 0 radical (unpaired) electrons. The Kier molecular flexibility index (Phi) is 5.10. The molecule has 0 amide bonds. The predicted octanol–water partition coefficient (Wildman–Crippen LogP) is 0.546. The van der Waals surface area contributed by atoms with E-state index in [1.54, 1.807) is 6.92 Å². The Morgan fingerprint density at radius 3 is 2.17 bits per heavy atom. The minimum absolute atomic E-state index is 0.0398. The van der Waals surface area contributed by atoms with Gasteiger partial charge in [0.2, 0.25) is 6.29 Å². The number of rotatable bonds is 3. The number of carbonyl (C=O) groups is 2. The van der Waals surface area contributed by atoms with Crippen molar-refractivity contribution in [1.29, 1.82) is 0 Å². The largest absolute Gasteiger partial charge is 0.458 e. The molecule has 0 aromatic carbocycles. The molecule has 18 heavy (non-hydrogen) atoms. The lowest BCUT2D eigenvalue weighted by Gasteiger charge is -2.41. The van der Waals surface area contributed by atoms with Gasteiger partial charge in [-0.25, -0.2) is 0 Å². The topological polar surface area (TPSA) is 65.1 Å². The molecule has 0 N–H and O–H groups in total. The zero-order valence-corrected chi connectivity index (χ0v) is 11.5. The maximum absolute atomic E-state index is 11.1. The van der Waals surface area contributed by atoms with E-state index >= 15 is 0 Å². The summed E-state index contributed by atoms with van der Waals surface area (Å²) in [6, 6.07) is -0.0398. The van der Waals surface area contributed by atoms with Gasteiger partial charge in [0.05, 0.1) is 12.1 Å². The highest BCUT2D eigenvalue weighted by Crippen LogP contribution is 2.26. The Bertz CT molecular complexity index is 318. The standard InChI is InChI=1S/C12H21NO5/c1-7-12(18-9(3)15)10(13(4)5)6-11(16-7)17-8(2)14/h7,10-12H,6H2,1-5H3/t7-,10-,11+,12-/m1/s1. The van der Waals surface area contributed by atoms with Crippen LogP contribution in [0, 0.1) is 0 Å². The second kappa shape index (κ2) is 6.15. The van der Waals surface area contributed by atoms with Crippen molar-refractivity contribution in [3.05, 3.63) is 0 Å². The SMILES string of the molecule is CC(=O)O[C@H]1C[C@@H](N(C)C)[C@H](OC(C)=O)[C@@H](C)O1. The molecule has 0 spiro atoms. The average molecular weight is 259 g/mol.